The molecule has 0 bridgehead atoms. The Morgan fingerprint density at radius 3 is 2.40 bits per heavy atom. The second-order valence-corrected chi connectivity index (χ2v) is 6.90. The van der Waals surface area contributed by atoms with Gasteiger partial charge in [-0.1, -0.05) is 24.0 Å². The van der Waals surface area contributed by atoms with Gasteiger partial charge in [-0.3, -0.25) is 4.68 Å². The molecule has 3 aromatic rings. The number of methoxy groups -OCH3 is 1. The van der Waals surface area contributed by atoms with Crippen LogP contribution in [0.2, 0.25) is 0 Å². The zero-order chi connectivity index (χ0) is 21.9. The third-order valence-electron chi connectivity index (χ3n) is 4.84. The number of nitrogen functional groups attached to an aromatic ring is 2. The van der Waals surface area contributed by atoms with E-state index in [9.17, 15) is 0 Å². The van der Waals surface area contributed by atoms with E-state index in [0.717, 1.165) is 22.6 Å². The summed E-state index contributed by atoms with van der Waals surface area (Å²) in [4.78, 5) is 7.84. The van der Waals surface area contributed by atoms with Crippen molar-refractivity contribution >= 4 is 23.1 Å². The molecule has 1 atom stereocenters. The van der Waals surface area contributed by atoms with E-state index in [1.54, 1.807) is 11.8 Å². The van der Waals surface area contributed by atoms with E-state index in [1.165, 1.54) is 6.20 Å². The number of nitrogens with zero attached hydrogens (tertiary/aromatic N) is 6. The summed E-state index contributed by atoms with van der Waals surface area (Å²) in [5, 5.41) is 13.0. The highest BCUT2D eigenvalue weighted by Crippen LogP contribution is 2.28. The number of aromatic nitrogens is 4. The Balaban J connectivity index is 1.84. The normalized spacial score (nSPS) is 13.1. The summed E-state index contributed by atoms with van der Waals surface area (Å²) in [5.74, 6) is 6.40. The molecule has 3 rings (SSSR count). The maximum atomic E-state index is 5.85. The van der Waals surface area contributed by atoms with E-state index in [2.05, 4.69) is 37.1 Å². The maximum Gasteiger partial charge on any atom is 0.221 e. The van der Waals surface area contributed by atoms with Crippen LogP contribution in [0.25, 0.3) is 0 Å². The van der Waals surface area contributed by atoms with Crippen molar-refractivity contribution in [2.24, 2.45) is 17.3 Å². The van der Waals surface area contributed by atoms with Gasteiger partial charge in [0, 0.05) is 14.2 Å². The van der Waals surface area contributed by atoms with Gasteiger partial charge in [-0.2, -0.15) is 15.2 Å². The van der Waals surface area contributed by atoms with Crippen LogP contribution in [0, 0.1) is 25.7 Å². The molecule has 154 valence electrons. The van der Waals surface area contributed by atoms with Crippen molar-refractivity contribution in [2.75, 3.05) is 18.6 Å². The number of rotatable bonds is 4. The van der Waals surface area contributed by atoms with Gasteiger partial charge in [0.1, 0.15) is 11.5 Å². The predicted octanol–water partition coefficient (Wildman–Crippen LogP) is 3.32. The van der Waals surface area contributed by atoms with E-state index in [-0.39, 0.29) is 11.8 Å². The molecule has 1 aromatic carbocycles. The molecular formula is C21H24N8O. The summed E-state index contributed by atoms with van der Waals surface area (Å²) < 4.78 is 7.45. The van der Waals surface area contributed by atoms with Crippen LogP contribution in [0.4, 0.5) is 23.1 Å². The third-order valence-corrected chi connectivity index (χ3v) is 4.84. The Labute approximate surface area is 175 Å². The Kier molecular flexibility index (Phi) is 5.80. The van der Waals surface area contributed by atoms with Gasteiger partial charge in [-0.25, -0.2) is 4.98 Å². The van der Waals surface area contributed by atoms with E-state index >= 15 is 0 Å². The maximum absolute atomic E-state index is 5.85. The van der Waals surface area contributed by atoms with E-state index in [1.807, 2.05) is 52.1 Å². The molecule has 0 radical (unpaired) electrons. The number of anilines is 2. The summed E-state index contributed by atoms with van der Waals surface area (Å²) >= 11 is 0. The standard InChI is InChI=1S/C21H24N8O/c1-13-18(14(2)29(4)28-13)27-26-17-8-6-16(7-9-17)21(3,30-5)11-10-15-12-24-20(23)25-19(15)22/h6-9,12H,1-5H3,(H4,22,23,24,25). The second kappa shape index (κ2) is 8.31. The summed E-state index contributed by atoms with van der Waals surface area (Å²) in [7, 11) is 3.48. The molecule has 30 heavy (non-hydrogen) atoms. The fraction of sp³-hybridized carbons (Fsp3) is 0.286. The number of hydrogen-bond acceptors (Lipinski definition) is 8. The average Bonchev–Trinajstić information content (AvgIpc) is 2.97. The van der Waals surface area contributed by atoms with Crippen molar-refractivity contribution in [2.45, 2.75) is 26.4 Å². The Morgan fingerprint density at radius 2 is 1.83 bits per heavy atom. The van der Waals surface area contributed by atoms with Gasteiger partial charge in [0.25, 0.3) is 0 Å². The van der Waals surface area contributed by atoms with Gasteiger partial charge < -0.3 is 16.2 Å². The topological polar surface area (TPSA) is 130 Å². The lowest BCUT2D eigenvalue weighted by Gasteiger charge is -2.22. The van der Waals surface area contributed by atoms with Crippen LogP contribution < -0.4 is 11.5 Å². The Morgan fingerprint density at radius 1 is 1.13 bits per heavy atom. The summed E-state index contributed by atoms with van der Waals surface area (Å²) in [5.41, 5.74) is 15.1. The number of hydrogen-bond donors (Lipinski definition) is 2. The van der Waals surface area contributed by atoms with Gasteiger partial charge in [0.2, 0.25) is 5.95 Å². The van der Waals surface area contributed by atoms with Gasteiger partial charge >= 0.3 is 0 Å². The summed E-state index contributed by atoms with van der Waals surface area (Å²) in [6, 6.07) is 7.52. The number of nitrogens with two attached hydrogens (primary N) is 2. The fourth-order valence-electron chi connectivity index (χ4n) is 2.79. The summed E-state index contributed by atoms with van der Waals surface area (Å²) in [6.45, 7) is 5.73. The van der Waals surface area contributed by atoms with Crippen molar-refractivity contribution in [3.8, 4) is 11.8 Å². The molecule has 4 N–H and O–H groups in total. The smallest absolute Gasteiger partial charge is 0.221 e. The largest absolute Gasteiger partial charge is 0.382 e. The SMILES string of the molecule is COC(C)(C#Cc1cnc(N)nc1N)c1ccc(N=Nc2c(C)nn(C)c2C)cc1. The lowest BCUT2D eigenvalue weighted by Crippen LogP contribution is -2.22. The van der Waals surface area contributed by atoms with Gasteiger partial charge in [-0.15, -0.1) is 5.11 Å². The first-order valence-electron chi connectivity index (χ1n) is 9.22. The molecule has 0 aliphatic heterocycles. The molecule has 0 fully saturated rings. The molecule has 1 unspecified atom stereocenters. The second-order valence-electron chi connectivity index (χ2n) is 6.90. The van der Waals surface area contributed by atoms with Gasteiger partial charge in [0.05, 0.1) is 28.8 Å². The van der Waals surface area contributed by atoms with Crippen LogP contribution in [0.15, 0.2) is 40.7 Å². The zero-order valence-electron chi connectivity index (χ0n) is 17.6. The first kappa shape index (κ1) is 21.0. The molecule has 0 aliphatic carbocycles. The van der Waals surface area contributed by atoms with Crippen LogP contribution in [-0.2, 0) is 17.4 Å². The minimum atomic E-state index is -0.861. The number of aryl methyl sites for hydroxylation is 2. The van der Waals surface area contributed by atoms with Crippen LogP contribution in [0.5, 0.6) is 0 Å². The molecule has 9 heteroatoms. The first-order valence-corrected chi connectivity index (χ1v) is 9.22. The molecular weight excluding hydrogens is 380 g/mol. The Bertz CT molecular complexity index is 1150. The minimum absolute atomic E-state index is 0.106. The highest BCUT2D eigenvalue weighted by atomic mass is 16.5. The van der Waals surface area contributed by atoms with Gasteiger partial charge in [-0.05, 0) is 38.5 Å². The molecule has 0 amide bonds. The molecule has 2 aromatic heterocycles. The molecule has 0 aliphatic rings. The van der Waals surface area contributed by atoms with Crippen LogP contribution in [0.3, 0.4) is 0 Å². The van der Waals surface area contributed by atoms with Crippen molar-refractivity contribution in [3.05, 3.63) is 53.0 Å². The number of benzene rings is 1. The van der Waals surface area contributed by atoms with Crippen molar-refractivity contribution in [3.63, 3.8) is 0 Å². The van der Waals surface area contributed by atoms with Crippen LogP contribution in [-0.4, -0.2) is 26.9 Å². The van der Waals surface area contributed by atoms with Crippen LogP contribution in [0.1, 0.15) is 29.4 Å². The summed E-state index contributed by atoms with van der Waals surface area (Å²) in [6.07, 6.45) is 1.49. The lowest BCUT2D eigenvalue weighted by molar-refractivity contribution is 0.0552. The number of ether oxygens (including phenoxy) is 1. The quantitative estimate of drug-likeness (QED) is 0.507. The predicted molar refractivity (Wildman–Crippen MR) is 115 cm³/mol. The fourth-order valence-corrected chi connectivity index (χ4v) is 2.79. The zero-order valence-corrected chi connectivity index (χ0v) is 17.6. The lowest BCUT2D eigenvalue weighted by atomic mass is 9.95. The van der Waals surface area contributed by atoms with Crippen molar-refractivity contribution in [1.29, 1.82) is 0 Å². The monoisotopic (exact) mass is 404 g/mol. The number of azo groups is 1. The molecule has 0 spiro atoms. The average molecular weight is 404 g/mol. The van der Waals surface area contributed by atoms with Gasteiger partial charge in [0.15, 0.2) is 5.60 Å². The molecule has 0 saturated carbocycles. The molecule has 0 saturated heterocycles. The highest BCUT2D eigenvalue weighted by molar-refractivity contribution is 5.53. The first-order chi connectivity index (χ1) is 14.2. The molecule has 2 heterocycles. The van der Waals surface area contributed by atoms with E-state index < -0.39 is 5.60 Å². The van der Waals surface area contributed by atoms with Crippen LogP contribution >= 0.6 is 0 Å². The minimum Gasteiger partial charge on any atom is -0.382 e. The van der Waals surface area contributed by atoms with E-state index in [0.29, 0.717) is 11.3 Å². The van der Waals surface area contributed by atoms with Crippen molar-refractivity contribution < 1.29 is 4.74 Å². The highest BCUT2D eigenvalue weighted by Gasteiger charge is 2.23. The third kappa shape index (κ3) is 4.29. The molecule has 9 nitrogen and oxygen atoms in total. The van der Waals surface area contributed by atoms with E-state index in [4.69, 9.17) is 16.2 Å². The van der Waals surface area contributed by atoms with Crippen molar-refractivity contribution in [1.82, 2.24) is 19.7 Å². The Hall–Kier alpha value is -3.77.